The fraction of sp³-hybridized carbons (Fsp3) is 1.00. The van der Waals surface area contributed by atoms with E-state index in [0.717, 1.165) is 25.4 Å². The topological polar surface area (TPSA) is 46.2 Å². The van der Waals surface area contributed by atoms with Crippen LogP contribution in [0.25, 0.3) is 0 Å². The van der Waals surface area contributed by atoms with Crippen molar-refractivity contribution in [3.8, 4) is 0 Å². The molecule has 17 heavy (non-hydrogen) atoms. The second-order valence-corrected chi connectivity index (χ2v) is 7.88. The summed E-state index contributed by atoms with van der Waals surface area (Å²) in [5.74, 6) is 1.74. The molecule has 2 atom stereocenters. The predicted molar refractivity (Wildman–Crippen MR) is 72.9 cm³/mol. The van der Waals surface area contributed by atoms with Crippen LogP contribution in [0.1, 0.15) is 46.5 Å². The van der Waals surface area contributed by atoms with Crippen molar-refractivity contribution >= 4 is 9.84 Å². The third-order valence-corrected chi connectivity index (χ3v) is 5.56. The van der Waals surface area contributed by atoms with Crippen LogP contribution >= 0.6 is 0 Å². The second kappa shape index (κ2) is 6.74. The van der Waals surface area contributed by atoms with Gasteiger partial charge in [-0.3, -0.25) is 0 Å². The molecule has 1 fully saturated rings. The number of sulfone groups is 1. The Labute approximate surface area is 106 Å². The molecule has 0 aromatic heterocycles. The van der Waals surface area contributed by atoms with Crippen molar-refractivity contribution in [3.05, 3.63) is 0 Å². The molecule has 0 aliphatic heterocycles. The maximum absolute atomic E-state index is 11.6. The van der Waals surface area contributed by atoms with Gasteiger partial charge in [-0.25, -0.2) is 8.42 Å². The highest BCUT2D eigenvalue weighted by atomic mass is 32.2. The molecule has 2 unspecified atom stereocenters. The molecule has 0 bridgehead atoms. The fourth-order valence-electron chi connectivity index (χ4n) is 1.90. The largest absolute Gasteiger partial charge is 0.314 e. The lowest BCUT2D eigenvalue weighted by Crippen LogP contribution is -2.28. The number of hydrogen-bond donors (Lipinski definition) is 1. The zero-order chi connectivity index (χ0) is 12.9. The SMILES string of the molecule is CCCS(=O)(=O)CCC(C)C(C)CNC1CC1. The van der Waals surface area contributed by atoms with E-state index in [1.807, 2.05) is 6.92 Å². The Hall–Kier alpha value is -0.0900. The molecular weight excluding hydrogens is 234 g/mol. The Morgan fingerprint density at radius 3 is 2.35 bits per heavy atom. The molecule has 1 rings (SSSR count). The third kappa shape index (κ3) is 6.41. The Morgan fingerprint density at radius 2 is 1.82 bits per heavy atom. The summed E-state index contributed by atoms with van der Waals surface area (Å²) < 4.78 is 23.2. The first-order valence-corrected chi connectivity index (χ1v) is 8.70. The quantitative estimate of drug-likeness (QED) is 0.692. The highest BCUT2D eigenvalue weighted by molar-refractivity contribution is 7.91. The lowest BCUT2D eigenvalue weighted by molar-refractivity contribution is 0.357. The van der Waals surface area contributed by atoms with E-state index >= 15 is 0 Å². The van der Waals surface area contributed by atoms with Crippen molar-refractivity contribution in [2.75, 3.05) is 18.1 Å². The molecule has 0 aromatic rings. The summed E-state index contributed by atoms with van der Waals surface area (Å²) in [4.78, 5) is 0. The lowest BCUT2D eigenvalue weighted by atomic mass is 9.93. The van der Waals surface area contributed by atoms with E-state index in [1.54, 1.807) is 0 Å². The van der Waals surface area contributed by atoms with E-state index in [-0.39, 0.29) is 0 Å². The van der Waals surface area contributed by atoms with Crippen LogP contribution in [0, 0.1) is 11.8 Å². The van der Waals surface area contributed by atoms with Crippen molar-refractivity contribution < 1.29 is 8.42 Å². The van der Waals surface area contributed by atoms with Gasteiger partial charge in [-0.1, -0.05) is 20.8 Å². The van der Waals surface area contributed by atoms with Crippen LogP contribution in [-0.2, 0) is 9.84 Å². The van der Waals surface area contributed by atoms with E-state index in [9.17, 15) is 8.42 Å². The third-order valence-electron chi connectivity index (χ3n) is 3.68. The first-order valence-electron chi connectivity index (χ1n) is 6.88. The van der Waals surface area contributed by atoms with Crippen LogP contribution in [0.4, 0.5) is 0 Å². The number of hydrogen-bond acceptors (Lipinski definition) is 3. The summed E-state index contributed by atoms with van der Waals surface area (Å²) in [6, 6.07) is 0.744. The van der Waals surface area contributed by atoms with Gasteiger partial charge >= 0.3 is 0 Å². The molecule has 102 valence electrons. The van der Waals surface area contributed by atoms with Gasteiger partial charge in [0.15, 0.2) is 0 Å². The Kier molecular flexibility index (Phi) is 5.93. The van der Waals surface area contributed by atoms with Crippen LogP contribution < -0.4 is 5.32 Å². The zero-order valence-corrected chi connectivity index (χ0v) is 12.2. The van der Waals surface area contributed by atoms with Crippen molar-refractivity contribution in [3.63, 3.8) is 0 Å². The molecule has 0 aromatic carbocycles. The molecule has 0 saturated heterocycles. The summed E-state index contributed by atoms with van der Waals surface area (Å²) in [7, 11) is -2.80. The standard InChI is InChI=1S/C13H27NO2S/c1-4-8-17(15,16)9-7-11(2)12(3)10-14-13-5-6-13/h11-14H,4-10H2,1-3H3. The molecule has 1 saturated carbocycles. The van der Waals surface area contributed by atoms with Gasteiger partial charge in [0.05, 0.1) is 5.75 Å². The Bertz CT molecular complexity index is 309. The molecule has 0 spiro atoms. The molecule has 1 N–H and O–H groups in total. The van der Waals surface area contributed by atoms with Crippen LogP contribution in [0.2, 0.25) is 0 Å². The van der Waals surface area contributed by atoms with Gasteiger partial charge in [0.2, 0.25) is 0 Å². The van der Waals surface area contributed by atoms with Gasteiger partial charge in [-0.15, -0.1) is 0 Å². The first kappa shape index (κ1) is 15.0. The van der Waals surface area contributed by atoms with Gasteiger partial charge in [0, 0.05) is 11.8 Å². The summed E-state index contributed by atoms with van der Waals surface area (Å²) in [5, 5.41) is 3.51. The average molecular weight is 261 g/mol. The van der Waals surface area contributed by atoms with Crippen molar-refractivity contribution in [1.29, 1.82) is 0 Å². The van der Waals surface area contributed by atoms with E-state index in [4.69, 9.17) is 0 Å². The highest BCUT2D eigenvalue weighted by Crippen LogP contribution is 2.21. The maximum atomic E-state index is 11.6. The number of rotatable bonds is 9. The van der Waals surface area contributed by atoms with Gasteiger partial charge in [0.1, 0.15) is 9.84 Å². The molecule has 3 nitrogen and oxygen atoms in total. The van der Waals surface area contributed by atoms with E-state index in [1.165, 1.54) is 12.8 Å². The Balaban J connectivity index is 2.19. The maximum Gasteiger partial charge on any atom is 0.150 e. The molecule has 1 aliphatic rings. The molecular formula is C13H27NO2S. The van der Waals surface area contributed by atoms with Crippen LogP contribution in [0.15, 0.2) is 0 Å². The second-order valence-electron chi connectivity index (χ2n) is 5.58. The van der Waals surface area contributed by atoms with Crippen LogP contribution in [0.5, 0.6) is 0 Å². The molecule has 0 radical (unpaired) electrons. The van der Waals surface area contributed by atoms with Crippen molar-refractivity contribution in [2.24, 2.45) is 11.8 Å². The van der Waals surface area contributed by atoms with Gasteiger partial charge < -0.3 is 5.32 Å². The van der Waals surface area contributed by atoms with Gasteiger partial charge in [-0.2, -0.15) is 0 Å². The highest BCUT2D eigenvalue weighted by Gasteiger charge is 2.22. The summed E-state index contributed by atoms with van der Waals surface area (Å²) in [6.07, 6.45) is 4.16. The summed E-state index contributed by atoms with van der Waals surface area (Å²) in [5.41, 5.74) is 0. The minimum Gasteiger partial charge on any atom is -0.314 e. The smallest absolute Gasteiger partial charge is 0.150 e. The van der Waals surface area contributed by atoms with Gasteiger partial charge in [0.25, 0.3) is 0 Å². The Morgan fingerprint density at radius 1 is 1.18 bits per heavy atom. The minimum atomic E-state index is -2.80. The average Bonchev–Trinajstić information content (AvgIpc) is 3.06. The zero-order valence-electron chi connectivity index (χ0n) is 11.4. The van der Waals surface area contributed by atoms with E-state index in [0.29, 0.717) is 23.3 Å². The lowest BCUT2D eigenvalue weighted by Gasteiger charge is -2.20. The molecule has 1 aliphatic carbocycles. The monoisotopic (exact) mass is 261 g/mol. The molecule has 4 heteroatoms. The van der Waals surface area contributed by atoms with E-state index in [2.05, 4.69) is 19.2 Å². The summed E-state index contributed by atoms with van der Waals surface area (Å²) in [6.45, 7) is 7.33. The predicted octanol–water partition coefficient (Wildman–Crippen LogP) is 2.23. The molecule has 0 amide bonds. The van der Waals surface area contributed by atoms with Crippen molar-refractivity contribution in [2.45, 2.75) is 52.5 Å². The van der Waals surface area contributed by atoms with Crippen molar-refractivity contribution in [1.82, 2.24) is 5.32 Å². The minimum absolute atomic E-state index is 0.342. The van der Waals surface area contributed by atoms with Crippen LogP contribution in [-0.4, -0.2) is 32.5 Å². The summed E-state index contributed by atoms with van der Waals surface area (Å²) >= 11 is 0. The van der Waals surface area contributed by atoms with E-state index < -0.39 is 9.84 Å². The van der Waals surface area contributed by atoms with Gasteiger partial charge in [-0.05, 0) is 44.1 Å². The first-order chi connectivity index (χ1) is 7.94. The number of nitrogens with one attached hydrogen (secondary N) is 1. The fourth-order valence-corrected chi connectivity index (χ4v) is 3.46. The normalized spacial score (nSPS) is 20.2. The van der Waals surface area contributed by atoms with Crippen LogP contribution in [0.3, 0.4) is 0 Å². The molecule has 0 heterocycles.